The second-order valence-electron chi connectivity index (χ2n) is 16.4. The van der Waals surface area contributed by atoms with E-state index in [1.807, 2.05) is 18.2 Å². The lowest BCUT2D eigenvalue weighted by atomic mass is 10.0. The van der Waals surface area contributed by atoms with Crippen LogP contribution >= 0.6 is 0 Å². The Bertz CT molecular complexity index is 1200. The van der Waals surface area contributed by atoms with E-state index in [0.29, 0.717) is 19.3 Å². The minimum absolute atomic E-state index is 0.0926. The van der Waals surface area contributed by atoms with Crippen molar-refractivity contribution in [2.24, 2.45) is 0 Å². The van der Waals surface area contributed by atoms with E-state index in [1.54, 1.807) is 0 Å². The van der Waals surface area contributed by atoms with E-state index in [4.69, 9.17) is 14.2 Å². The molecular weight excluding hydrogens is 757 g/mol. The molecule has 0 saturated heterocycles. The van der Waals surface area contributed by atoms with E-state index in [0.717, 1.165) is 116 Å². The molecule has 0 rings (SSSR count). The van der Waals surface area contributed by atoms with Gasteiger partial charge in [-0.1, -0.05) is 221 Å². The number of rotatable bonds is 44. The smallest absolute Gasteiger partial charge is 0.306 e. The van der Waals surface area contributed by atoms with Crippen LogP contribution in [0, 0.1) is 0 Å². The molecule has 0 aromatic carbocycles. The van der Waals surface area contributed by atoms with Crippen molar-refractivity contribution in [3.8, 4) is 0 Å². The Morgan fingerprint density at radius 2 is 0.721 bits per heavy atom. The second-order valence-corrected chi connectivity index (χ2v) is 16.4. The van der Waals surface area contributed by atoms with Gasteiger partial charge in [-0.3, -0.25) is 14.4 Å². The van der Waals surface area contributed by atoms with Crippen molar-refractivity contribution in [1.82, 2.24) is 0 Å². The molecule has 0 radical (unpaired) electrons. The van der Waals surface area contributed by atoms with Crippen molar-refractivity contribution < 1.29 is 28.6 Å². The minimum Gasteiger partial charge on any atom is -0.462 e. The van der Waals surface area contributed by atoms with Crippen LogP contribution < -0.4 is 0 Å². The SMILES string of the molecule is CC\C=C/C=C\C=C/C=C\CCCCCCCC(=O)OCC(COC(=O)CCCCCCCCCCCCCCCC)OC(=O)CCCCCC/C=C\C/C=C\C/C=C\CC. The molecule has 0 aliphatic carbocycles. The lowest BCUT2D eigenvalue weighted by Gasteiger charge is -2.18. The average molecular weight is 849 g/mol. The number of ether oxygens (including phenoxy) is 3. The maximum Gasteiger partial charge on any atom is 0.306 e. The summed E-state index contributed by atoms with van der Waals surface area (Å²) >= 11 is 0. The normalized spacial score (nSPS) is 12.8. The van der Waals surface area contributed by atoms with Crippen LogP contribution in [0.1, 0.15) is 226 Å². The molecule has 0 aliphatic heterocycles. The summed E-state index contributed by atoms with van der Waals surface area (Å²) in [5, 5.41) is 0. The van der Waals surface area contributed by atoms with Gasteiger partial charge in [0.1, 0.15) is 13.2 Å². The Balaban J connectivity index is 4.46. The molecule has 6 nitrogen and oxygen atoms in total. The summed E-state index contributed by atoms with van der Waals surface area (Å²) in [7, 11) is 0. The summed E-state index contributed by atoms with van der Waals surface area (Å²) in [4.78, 5) is 37.9. The molecule has 0 heterocycles. The summed E-state index contributed by atoms with van der Waals surface area (Å²) in [6, 6.07) is 0. The standard InChI is InChI=1S/C55H92O6/c1-4-7-10-13-16-19-22-25-28-31-33-36-39-42-45-48-54(57)60-51-52(61-55(58)49-46-43-40-37-34-30-27-24-21-18-15-12-9-6-3)50-59-53(56)47-44-41-38-35-32-29-26-23-20-17-14-11-8-5-2/h7,9-10,12-13,16,18-19,21-22,25,27-28,30,52H,4-6,8,11,14-15,17,20,23-24,26,29,31-51H2,1-3H3/b10-7-,12-9-,16-13-,21-18-,22-19-,28-25-,30-27-. The molecule has 6 heteroatoms. The zero-order valence-corrected chi connectivity index (χ0v) is 39.7. The molecular formula is C55H92O6. The fraction of sp³-hybridized carbons (Fsp3) is 0.691. The highest BCUT2D eigenvalue weighted by atomic mass is 16.6. The van der Waals surface area contributed by atoms with Crippen LogP contribution in [0.25, 0.3) is 0 Å². The first-order valence-electron chi connectivity index (χ1n) is 25.1. The lowest BCUT2D eigenvalue weighted by Crippen LogP contribution is -2.30. The predicted molar refractivity (Wildman–Crippen MR) is 261 cm³/mol. The summed E-state index contributed by atoms with van der Waals surface area (Å²) in [5.41, 5.74) is 0. The zero-order chi connectivity index (χ0) is 44.4. The van der Waals surface area contributed by atoms with Crippen LogP contribution in [0.2, 0.25) is 0 Å². The van der Waals surface area contributed by atoms with Crippen LogP contribution in [0.15, 0.2) is 85.1 Å². The summed E-state index contributed by atoms with van der Waals surface area (Å²) in [6.45, 7) is 6.34. The highest BCUT2D eigenvalue weighted by molar-refractivity contribution is 5.71. The third-order valence-electron chi connectivity index (χ3n) is 10.5. The topological polar surface area (TPSA) is 78.9 Å². The van der Waals surface area contributed by atoms with Crippen LogP contribution in [0.3, 0.4) is 0 Å². The Kier molecular flexibility index (Phi) is 46.5. The first-order chi connectivity index (χ1) is 30.0. The number of unbranched alkanes of at least 4 members (excludes halogenated alkanes) is 22. The van der Waals surface area contributed by atoms with Crippen LogP contribution in [-0.4, -0.2) is 37.2 Å². The van der Waals surface area contributed by atoms with Crippen molar-refractivity contribution in [3.05, 3.63) is 85.1 Å². The van der Waals surface area contributed by atoms with E-state index >= 15 is 0 Å². The van der Waals surface area contributed by atoms with Crippen molar-refractivity contribution in [3.63, 3.8) is 0 Å². The molecule has 0 spiro atoms. The van der Waals surface area contributed by atoms with E-state index < -0.39 is 6.10 Å². The van der Waals surface area contributed by atoms with Gasteiger partial charge in [0.05, 0.1) is 0 Å². The van der Waals surface area contributed by atoms with E-state index in [9.17, 15) is 14.4 Å². The Morgan fingerprint density at radius 3 is 1.20 bits per heavy atom. The Hall–Kier alpha value is -3.41. The molecule has 0 amide bonds. The second kappa shape index (κ2) is 49.2. The third kappa shape index (κ3) is 47.5. The van der Waals surface area contributed by atoms with Crippen LogP contribution in [-0.2, 0) is 28.6 Å². The molecule has 1 unspecified atom stereocenters. The maximum atomic E-state index is 12.8. The first kappa shape index (κ1) is 57.6. The number of carbonyl (C=O) groups excluding carboxylic acids is 3. The molecule has 0 fully saturated rings. The van der Waals surface area contributed by atoms with Gasteiger partial charge >= 0.3 is 17.9 Å². The van der Waals surface area contributed by atoms with Gasteiger partial charge in [-0.25, -0.2) is 0 Å². The summed E-state index contributed by atoms with van der Waals surface area (Å²) < 4.78 is 16.8. The summed E-state index contributed by atoms with van der Waals surface area (Å²) in [5.74, 6) is -0.940. The molecule has 0 aromatic rings. The maximum absolute atomic E-state index is 12.8. The lowest BCUT2D eigenvalue weighted by molar-refractivity contribution is -0.167. The van der Waals surface area contributed by atoms with Gasteiger partial charge < -0.3 is 14.2 Å². The zero-order valence-electron chi connectivity index (χ0n) is 39.7. The van der Waals surface area contributed by atoms with Gasteiger partial charge in [-0.2, -0.15) is 0 Å². The number of carbonyl (C=O) groups is 3. The molecule has 0 bridgehead atoms. The van der Waals surface area contributed by atoms with Crippen molar-refractivity contribution in [2.75, 3.05) is 13.2 Å². The van der Waals surface area contributed by atoms with E-state index in [1.165, 1.54) is 70.6 Å². The van der Waals surface area contributed by atoms with Crippen LogP contribution in [0.4, 0.5) is 0 Å². The average Bonchev–Trinajstić information content (AvgIpc) is 3.26. The molecule has 0 N–H and O–H groups in total. The quantitative estimate of drug-likeness (QED) is 0.0200. The van der Waals surface area contributed by atoms with E-state index in [2.05, 4.69) is 87.6 Å². The monoisotopic (exact) mass is 849 g/mol. The third-order valence-corrected chi connectivity index (χ3v) is 10.5. The molecule has 0 aliphatic rings. The Morgan fingerprint density at radius 1 is 0.361 bits per heavy atom. The number of esters is 3. The minimum atomic E-state index is -0.796. The highest BCUT2D eigenvalue weighted by Crippen LogP contribution is 2.15. The van der Waals surface area contributed by atoms with Gasteiger partial charge in [0.25, 0.3) is 0 Å². The predicted octanol–water partition coefficient (Wildman–Crippen LogP) is 16.4. The highest BCUT2D eigenvalue weighted by Gasteiger charge is 2.19. The largest absolute Gasteiger partial charge is 0.462 e. The number of allylic oxidation sites excluding steroid dienone is 14. The molecule has 1 atom stereocenters. The van der Waals surface area contributed by atoms with Gasteiger partial charge in [-0.05, 0) is 70.6 Å². The number of hydrogen-bond donors (Lipinski definition) is 0. The van der Waals surface area contributed by atoms with Gasteiger partial charge in [0.2, 0.25) is 0 Å². The molecule has 0 saturated carbocycles. The van der Waals surface area contributed by atoms with Gasteiger partial charge in [0.15, 0.2) is 6.10 Å². The molecule has 61 heavy (non-hydrogen) atoms. The summed E-state index contributed by atoms with van der Waals surface area (Å²) in [6.07, 6.45) is 62.7. The van der Waals surface area contributed by atoms with Crippen molar-refractivity contribution >= 4 is 17.9 Å². The van der Waals surface area contributed by atoms with Crippen molar-refractivity contribution in [1.29, 1.82) is 0 Å². The molecule has 348 valence electrons. The number of hydrogen-bond acceptors (Lipinski definition) is 6. The van der Waals surface area contributed by atoms with Crippen molar-refractivity contribution in [2.45, 2.75) is 232 Å². The fourth-order valence-electron chi connectivity index (χ4n) is 6.76. The first-order valence-corrected chi connectivity index (χ1v) is 25.1. The Labute approximate surface area is 375 Å². The van der Waals surface area contributed by atoms with E-state index in [-0.39, 0.29) is 31.1 Å². The van der Waals surface area contributed by atoms with Crippen LogP contribution in [0.5, 0.6) is 0 Å². The van der Waals surface area contributed by atoms with Gasteiger partial charge in [-0.15, -0.1) is 0 Å². The fourth-order valence-corrected chi connectivity index (χ4v) is 6.76. The molecule has 0 aromatic heterocycles. The van der Waals surface area contributed by atoms with Gasteiger partial charge in [0, 0.05) is 19.3 Å².